The van der Waals surface area contributed by atoms with Gasteiger partial charge in [-0.15, -0.1) is 0 Å². The van der Waals surface area contributed by atoms with Crippen molar-refractivity contribution in [2.24, 2.45) is 5.73 Å². The Kier molecular flexibility index (Phi) is 3.39. The second-order valence-electron chi connectivity index (χ2n) is 3.75. The Bertz CT molecular complexity index is 483. The van der Waals surface area contributed by atoms with Gasteiger partial charge in [-0.05, 0) is 24.6 Å². The molecule has 1 heterocycles. The fraction of sp³-hybridized carbons (Fsp3) is 0.250. The lowest BCUT2D eigenvalue weighted by Gasteiger charge is -2.09. The molecule has 2 rings (SSSR count). The first kappa shape index (κ1) is 11.6. The van der Waals surface area contributed by atoms with Gasteiger partial charge < -0.3 is 15.0 Å². The molecule has 0 amide bonds. The van der Waals surface area contributed by atoms with Crippen LogP contribution in [0.2, 0.25) is 0 Å². The molecule has 0 bridgehead atoms. The molecule has 0 aliphatic heterocycles. The summed E-state index contributed by atoms with van der Waals surface area (Å²) in [5, 5.41) is 3.53. The third kappa shape index (κ3) is 2.82. The first-order valence-electron chi connectivity index (χ1n) is 5.24. The average molecular weight is 236 g/mol. The highest BCUT2D eigenvalue weighted by molar-refractivity contribution is 5.30. The number of hydrogen-bond acceptors (Lipinski definition) is 4. The Labute approximate surface area is 98.2 Å². The van der Waals surface area contributed by atoms with Gasteiger partial charge in [0.1, 0.15) is 6.61 Å². The van der Waals surface area contributed by atoms with E-state index in [1.165, 1.54) is 12.3 Å². The summed E-state index contributed by atoms with van der Waals surface area (Å²) in [4.78, 5) is 0. The summed E-state index contributed by atoms with van der Waals surface area (Å²) in [6.07, 6.45) is 1.51. The first-order chi connectivity index (χ1) is 8.16. The van der Waals surface area contributed by atoms with Crippen LogP contribution in [0.4, 0.5) is 4.39 Å². The predicted molar refractivity (Wildman–Crippen MR) is 59.8 cm³/mol. The van der Waals surface area contributed by atoms with Crippen LogP contribution in [-0.4, -0.2) is 5.16 Å². The Balaban J connectivity index is 2.06. The van der Waals surface area contributed by atoms with E-state index in [1.54, 1.807) is 25.1 Å². The van der Waals surface area contributed by atoms with Gasteiger partial charge in [0.2, 0.25) is 0 Å². The fourth-order valence-corrected chi connectivity index (χ4v) is 1.38. The van der Waals surface area contributed by atoms with Gasteiger partial charge in [-0.2, -0.15) is 0 Å². The van der Waals surface area contributed by atoms with Gasteiger partial charge in [-0.1, -0.05) is 11.2 Å². The molecule has 90 valence electrons. The highest BCUT2D eigenvalue weighted by Gasteiger charge is 2.08. The van der Waals surface area contributed by atoms with Crippen molar-refractivity contribution in [3.05, 3.63) is 47.6 Å². The van der Waals surface area contributed by atoms with E-state index in [9.17, 15) is 4.39 Å². The SMILES string of the molecule is C[C@H](N)c1ccc(OCc2ccno2)c(F)c1. The smallest absolute Gasteiger partial charge is 0.174 e. The molecule has 17 heavy (non-hydrogen) atoms. The summed E-state index contributed by atoms with van der Waals surface area (Å²) in [6, 6.07) is 6.13. The van der Waals surface area contributed by atoms with E-state index in [1.807, 2.05) is 0 Å². The van der Waals surface area contributed by atoms with Crippen molar-refractivity contribution in [2.75, 3.05) is 0 Å². The van der Waals surface area contributed by atoms with Crippen molar-refractivity contribution in [3.63, 3.8) is 0 Å². The second kappa shape index (κ2) is 4.97. The number of benzene rings is 1. The van der Waals surface area contributed by atoms with Crippen LogP contribution in [-0.2, 0) is 6.61 Å². The van der Waals surface area contributed by atoms with E-state index in [0.717, 1.165) is 5.56 Å². The maximum atomic E-state index is 13.6. The zero-order valence-electron chi connectivity index (χ0n) is 9.39. The molecular formula is C12H13FN2O2. The summed E-state index contributed by atoms with van der Waals surface area (Å²) in [5.41, 5.74) is 6.38. The summed E-state index contributed by atoms with van der Waals surface area (Å²) in [7, 11) is 0. The van der Waals surface area contributed by atoms with E-state index < -0.39 is 5.82 Å². The lowest BCUT2D eigenvalue weighted by Crippen LogP contribution is -2.05. The van der Waals surface area contributed by atoms with Crippen LogP contribution in [0.15, 0.2) is 35.0 Å². The van der Waals surface area contributed by atoms with Gasteiger partial charge in [0, 0.05) is 12.1 Å². The zero-order chi connectivity index (χ0) is 12.3. The number of hydrogen-bond donors (Lipinski definition) is 1. The van der Waals surface area contributed by atoms with E-state index in [2.05, 4.69) is 5.16 Å². The van der Waals surface area contributed by atoms with Gasteiger partial charge in [0.05, 0.1) is 6.20 Å². The molecule has 2 N–H and O–H groups in total. The highest BCUT2D eigenvalue weighted by Crippen LogP contribution is 2.21. The first-order valence-corrected chi connectivity index (χ1v) is 5.24. The van der Waals surface area contributed by atoms with Crippen molar-refractivity contribution >= 4 is 0 Å². The molecule has 1 atom stereocenters. The largest absolute Gasteiger partial charge is 0.482 e. The van der Waals surface area contributed by atoms with Crippen molar-refractivity contribution in [2.45, 2.75) is 19.6 Å². The number of rotatable bonds is 4. The molecule has 4 nitrogen and oxygen atoms in total. The van der Waals surface area contributed by atoms with Crippen molar-refractivity contribution in [3.8, 4) is 5.75 Å². The van der Waals surface area contributed by atoms with E-state index in [-0.39, 0.29) is 18.4 Å². The Morgan fingerprint density at radius 1 is 1.47 bits per heavy atom. The molecule has 0 saturated heterocycles. The fourth-order valence-electron chi connectivity index (χ4n) is 1.38. The minimum atomic E-state index is -0.431. The molecular weight excluding hydrogens is 223 g/mol. The molecule has 0 fully saturated rings. The van der Waals surface area contributed by atoms with Gasteiger partial charge in [0.15, 0.2) is 17.3 Å². The van der Waals surface area contributed by atoms with Crippen LogP contribution < -0.4 is 10.5 Å². The van der Waals surface area contributed by atoms with Crippen LogP contribution >= 0.6 is 0 Å². The molecule has 0 unspecified atom stereocenters. The van der Waals surface area contributed by atoms with E-state index in [4.69, 9.17) is 15.0 Å². The lowest BCUT2D eigenvalue weighted by molar-refractivity contribution is 0.240. The van der Waals surface area contributed by atoms with Gasteiger partial charge in [-0.25, -0.2) is 4.39 Å². The van der Waals surface area contributed by atoms with Crippen molar-refractivity contribution < 1.29 is 13.7 Å². The molecule has 0 spiro atoms. The molecule has 2 aromatic rings. The Hall–Kier alpha value is -1.88. The zero-order valence-corrected chi connectivity index (χ0v) is 9.39. The quantitative estimate of drug-likeness (QED) is 0.885. The Morgan fingerprint density at radius 3 is 2.88 bits per heavy atom. The van der Waals surface area contributed by atoms with Crippen molar-refractivity contribution in [1.82, 2.24) is 5.16 Å². The highest BCUT2D eigenvalue weighted by atomic mass is 19.1. The molecule has 0 saturated carbocycles. The summed E-state index contributed by atoms with van der Waals surface area (Å²) in [6.45, 7) is 1.94. The van der Waals surface area contributed by atoms with Crippen molar-refractivity contribution in [1.29, 1.82) is 0 Å². The molecule has 0 radical (unpaired) electrons. The van der Waals surface area contributed by atoms with Crippen LogP contribution in [0.3, 0.4) is 0 Å². The number of nitrogens with zero attached hydrogens (tertiary/aromatic N) is 1. The summed E-state index contributed by atoms with van der Waals surface area (Å²) >= 11 is 0. The maximum absolute atomic E-state index is 13.6. The minimum Gasteiger partial charge on any atom is -0.482 e. The second-order valence-corrected chi connectivity index (χ2v) is 3.75. The van der Waals surface area contributed by atoms with E-state index in [0.29, 0.717) is 5.76 Å². The van der Waals surface area contributed by atoms with Gasteiger partial charge in [-0.3, -0.25) is 0 Å². The number of aromatic nitrogens is 1. The minimum absolute atomic E-state index is 0.147. The third-order valence-electron chi connectivity index (χ3n) is 2.34. The summed E-state index contributed by atoms with van der Waals surface area (Å²) < 4.78 is 23.7. The third-order valence-corrected chi connectivity index (χ3v) is 2.34. The van der Waals surface area contributed by atoms with Crippen LogP contribution in [0.25, 0.3) is 0 Å². The van der Waals surface area contributed by atoms with Gasteiger partial charge >= 0.3 is 0 Å². The van der Waals surface area contributed by atoms with Crippen LogP contribution in [0.1, 0.15) is 24.3 Å². The number of halogens is 1. The Morgan fingerprint density at radius 2 is 2.29 bits per heavy atom. The molecule has 0 aliphatic rings. The topological polar surface area (TPSA) is 61.3 Å². The maximum Gasteiger partial charge on any atom is 0.174 e. The van der Waals surface area contributed by atoms with Crippen LogP contribution in [0, 0.1) is 5.82 Å². The van der Waals surface area contributed by atoms with Gasteiger partial charge in [0.25, 0.3) is 0 Å². The molecule has 1 aromatic carbocycles. The monoisotopic (exact) mass is 236 g/mol. The molecule has 5 heteroatoms. The lowest BCUT2D eigenvalue weighted by atomic mass is 10.1. The van der Waals surface area contributed by atoms with Crippen LogP contribution in [0.5, 0.6) is 5.75 Å². The molecule has 1 aromatic heterocycles. The predicted octanol–water partition coefficient (Wildman–Crippen LogP) is 2.41. The number of nitrogens with two attached hydrogens (primary N) is 1. The average Bonchev–Trinajstić information content (AvgIpc) is 2.80. The summed E-state index contributed by atoms with van der Waals surface area (Å²) in [5.74, 6) is 0.283. The van der Waals surface area contributed by atoms with E-state index >= 15 is 0 Å². The standard InChI is InChI=1S/C12H13FN2O2/c1-8(14)9-2-3-12(11(13)6-9)16-7-10-4-5-15-17-10/h2-6,8H,7,14H2,1H3/t8-/m0/s1. The molecule has 0 aliphatic carbocycles. The number of ether oxygens (including phenoxy) is 1. The normalized spacial score (nSPS) is 12.4.